The van der Waals surface area contributed by atoms with Crippen molar-refractivity contribution in [2.24, 2.45) is 0 Å². The van der Waals surface area contributed by atoms with Gasteiger partial charge in [0, 0.05) is 18.8 Å². The van der Waals surface area contributed by atoms with Crippen molar-refractivity contribution < 1.29 is 13.2 Å². The Morgan fingerprint density at radius 3 is 2.29 bits per heavy atom. The van der Waals surface area contributed by atoms with Crippen molar-refractivity contribution in [1.29, 1.82) is 0 Å². The third kappa shape index (κ3) is 3.62. The number of aromatic nitrogens is 2. The first kappa shape index (κ1) is 15.1. The fourth-order valence-corrected chi connectivity index (χ4v) is 1.83. The summed E-state index contributed by atoms with van der Waals surface area (Å²) in [4.78, 5) is 8.30. The number of hydrogen-bond acceptors (Lipinski definition) is 4. The van der Waals surface area contributed by atoms with Gasteiger partial charge in [0.05, 0.1) is 5.56 Å². The number of nitrogens with zero attached hydrogens (tertiary/aromatic N) is 2. The Balaban J connectivity index is 2.37. The molecule has 0 bridgehead atoms. The van der Waals surface area contributed by atoms with Crippen LogP contribution in [-0.2, 0) is 6.18 Å². The molecule has 0 saturated carbocycles. The Morgan fingerprint density at radius 1 is 1.00 bits per heavy atom. The van der Waals surface area contributed by atoms with E-state index in [0.717, 1.165) is 12.1 Å². The first-order chi connectivity index (χ1) is 9.79. The maximum atomic E-state index is 12.8. The highest BCUT2D eigenvalue weighted by molar-refractivity contribution is 5.63. The molecule has 7 heteroatoms. The number of hydrogen-bond donors (Lipinski definition) is 2. The number of halogens is 3. The Morgan fingerprint density at radius 2 is 1.67 bits per heavy atom. The average molecular weight is 296 g/mol. The highest BCUT2D eigenvalue weighted by atomic mass is 19.4. The van der Waals surface area contributed by atoms with Crippen molar-refractivity contribution in [2.45, 2.75) is 20.0 Å². The van der Waals surface area contributed by atoms with E-state index in [4.69, 9.17) is 0 Å². The fraction of sp³-hybridized carbons (Fsp3) is 0.286. The number of aryl methyl sites for hydroxylation is 2. The van der Waals surface area contributed by atoms with E-state index in [-0.39, 0.29) is 0 Å². The van der Waals surface area contributed by atoms with Crippen LogP contribution in [-0.4, -0.2) is 17.0 Å². The highest BCUT2D eigenvalue weighted by Crippen LogP contribution is 2.32. The van der Waals surface area contributed by atoms with Crippen molar-refractivity contribution in [3.63, 3.8) is 0 Å². The van der Waals surface area contributed by atoms with Crippen LogP contribution in [0, 0.1) is 13.8 Å². The van der Waals surface area contributed by atoms with Gasteiger partial charge in [0.2, 0.25) is 0 Å². The molecule has 4 nitrogen and oxygen atoms in total. The second-order valence-corrected chi connectivity index (χ2v) is 4.59. The van der Waals surface area contributed by atoms with Crippen molar-refractivity contribution in [1.82, 2.24) is 9.97 Å². The van der Waals surface area contributed by atoms with Crippen LogP contribution in [0.5, 0.6) is 0 Å². The SMILES string of the molecule is CNc1cc(Nc2cc(C(F)(F)F)ccc2C)nc(C)n1. The van der Waals surface area contributed by atoms with Crippen LogP contribution < -0.4 is 10.6 Å². The molecular formula is C14H15F3N4. The summed E-state index contributed by atoms with van der Waals surface area (Å²) in [5.74, 6) is 1.55. The molecule has 0 unspecified atom stereocenters. The third-order valence-corrected chi connectivity index (χ3v) is 2.92. The van der Waals surface area contributed by atoms with Gasteiger partial charge in [0.15, 0.2) is 0 Å². The largest absolute Gasteiger partial charge is 0.416 e. The van der Waals surface area contributed by atoms with Crippen LogP contribution in [0.15, 0.2) is 24.3 Å². The molecule has 1 aromatic carbocycles. The number of rotatable bonds is 3. The molecule has 112 valence electrons. The molecule has 0 spiro atoms. The highest BCUT2D eigenvalue weighted by Gasteiger charge is 2.30. The standard InChI is InChI=1S/C14H15F3N4/c1-8-4-5-10(14(15,16)17)6-11(8)21-13-7-12(18-3)19-9(2)20-13/h4-7H,1-3H3,(H2,18,19,20,21). The van der Waals surface area contributed by atoms with Crippen molar-refractivity contribution in [2.75, 3.05) is 17.7 Å². The van der Waals surface area contributed by atoms with Gasteiger partial charge in [-0.2, -0.15) is 13.2 Å². The van der Waals surface area contributed by atoms with Gasteiger partial charge in [-0.3, -0.25) is 0 Å². The summed E-state index contributed by atoms with van der Waals surface area (Å²) in [6.07, 6.45) is -4.37. The van der Waals surface area contributed by atoms with Crippen LogP contribution in [0.25, 0.3) is 0 Å². The lowest BCUT2D eigenvalue weighted by Gasteiger charge is -2.13. The minimum atomic E-state index is -4.37. The van der Waals surface area contributed by atoms with Crippen molar-refractivity contribution >= 4 is 17.3 Å². The zero-order chi connectivity index (χ0) is 15.6. The van der Waals surface area contributed by atoms with Gasteiger partial charge in [-0.15, -0.1) is 0 Å². The molecule has 21 heavy (non-hydrogen) atoms. The number of benzene rings is 1. The summed E-state index contributed by atoms with van der Waals surface area (Å²) in [5, 5.41) is 5.78. The molecule has 1 heterocycles. The van der Waals surface area contributed by atoms with Gasteiger partial charge in [-0.05, 0) is 31.5 Å². The van der Waals surface area contributed by atoms with E-state index in [1.165, 1.54) is 6.07 Å². The van der Waals surface area contributed by atoms with E-state index < -0.39 is 11.7 Å². The van der Waals surface area contributed by atoms with E-state index in [1.807, 2.05) is 0 Å². The second kappa shape index (κ2) is 5.59. The molecule has 0 radical (unpaired) electrons. The Bertz CT molecular complexity index is 653. The van der Waals surface area contributed by atoms with E-state index in [0.29, 0.717) is 28.7 Å². The van der Waals surface area contributed by atoms with Gasteiger partial charge in [-0.25, -0.2) is 9.97 Å². The first-order valence-electron chi connectivity index (χ1n) is 6.28. The van der Waals surface area contributed by atoms with Gasteiger partial charge >= 0.3 is 6.18 Å². The minimum Gasteiger partial charge on any atom is -0.373 e. The summed E-state index contributed by atoms with van der Waals surface area (Å²) < 4.78 is 38.3. The van der Waals surface area contributed by atoms with Crippen LogP contribution in [0.4, 0.5) is 30.5 Å². The average Bonchev–Trinajstić information content (AvgIpc) is 2.39. The second-order valence-electron chi connectivity index (χ2n) is 4.59. The molecule has 1 aromatic heterocycles. The topological polar surface area (TPSA) is 49.8 Å². The molecule has 0 amide bonds. The van der Waals surface area contributed by atoms with E-state index >= 15 is 0 Å². The van der Waals surface area contributed by atoms with Gasteiger partial charge < -0.3 is 10.6 Å². The lowest BCUT2D eigenvalue weighted by Crippen LogP contribution is -2.07. The van der Waals surface area contributed by atoms with Crippen LogP contribution >= 0.6 is 0 Å². The van der Waals surface area contributed by atoms with Gasteiger partial charge in [-0.1, -0.05) is 6.07 Å². The summed E-state index contributed by atoms with van der Waals surface area (Å²) in [6.45, 7) is 3.44. The monoisotopic (exact) mass is 296 g/mol. The third-order valence-electron chi connectivity index (χ3n) is 2.92. The van der Waals surface area contributed by atoms with E-state index in [2.05, 4.69) is 20.6 Å². The molecule has 2 rings (SSSR count). The molecule has 0 atom stereocenters. The first-order valence-corrected chi connectivity index (χ1v) is 6.28. The molecule has 2 N–H and O–H groups in total. The van der Waals surface area contributed by atoms with Crippen molar-refractivity contribution in [3.8, 4) is 0 Å². The van der Waals surface area contributed by atoms with E-state index in [9.17, 15) is 13.2 Å². The Hall–Kier alpha value is -2.31. The van der Waals surface area contributed by atoms with Crippen LogP contribution in [0.1, 0.15) is 17.0 Å². The van der Waals surface area contributed by atoms with Gasteiger partial charge in [0.1, 0.15) is 17.5 Å². The molecule has 0 saturated heterocycles. The normalized spacial score (nSPS) is 11.3. The minimum absolute atomic E-state index is 0.366. The number of alkyl halides is 3. The van der Waals surface area contributed by atoms with Crippen LogP contribution in [0.2, 0.25) is 0 Å². The van der Waals surface area contributed by atoms with Gasteiger partial charge in [0.25, 0.3) is 0 Å². The lowest BCUT2D eigenvalue weighted by molar-refractivity contribution is -0.137. The maximum absolute atomic E-state index is 12.8. The molecule has 0 fully saturated rings. The Kier molecular flexibility index (Phi) is 4.02. The number of nitrogens with one attached hydrogen (secondary N) is 2. The molecule has 0 aliphatic carbocycles. The Labute approximate surface area is 120 Å². The predicted octanol–water partition coefficient (Wildman–Crippen LogP) is 3.90. The smallest absolute Gasteiger partial charge is 0.373 e. The lowest BCUT2D eigenvalue weighted by atomic mass is 10.1. The molecule has 0 aliphatic heterocycles. The molecular weight excluding hydrogens is 281 g/mol. The van der Waals surface area contributed by atoms with Crippen LogP contribution in [0.3, 0.4) is 0 Å². The number of anilines is 3. The quantitative estimate of drug-likeness (QED) is 0.902. The van der Waals surface area contributed by atoms with E-state index in [1.54, 1.807) is 27.0 Å². The predicted molar refractivity (Wildman–Crippen MR) is 75.8 cm³/mol. The zero-order valence-corrected chi connectivity index (χ0v) is 11.8. The zero-order valence-electron chi connectivity index (χ0n) is 11.8. The molecule has 2 aromatic rings. The summed E-state index contributed by atoms with van der Waals surface area (Å²) in [7, 11) is 1.71. The van der Waals surface area contributed by atoms with Crippen molar-refractivity contribution in [3.05, 3.63) is 41.2 Å². The molecule has 0 aliphatic rings. The summed E-state index contributed by atoms with van der Waals surface area (Å²) in [5.41, 5.74) is 0.366. The maximum Gasteiger partial charge on any atom is 0.416 e. The fourth-order valence-electron chi connectivity index (χ4n) is 1.83. The summed E-state index contributed by atoms with van der Waals surface area (Å²) >= 11 is 0. The summed E-state index contributed by atoms with van der Waals surface area (Å²) in [6, 6.07) is 5.20.